The van der Waals surface area contributed by atoms with E-state index in [4.69, 9.17) is 14.2 Å². The Bertz CT molecular complexity index is 211. The number of hydrogen-bond acceptors (Lipinski definition) is 4. The standard InChI is InChI=1S/C12H23NO4/c1-15-7-8-17-10-9-16-6-4-11-3-2-5-13-12(11)14/h11H,2-10H2,1H3,(H,13,14). The van der Waals surface area contributed by atoms with Crippen LogP contribution >= 0.6 is 0 Å². The predicted molar refractivity (Wildman–Crippen MR) is 63.9 cm³/mol. The van der Waals surface area contributed by atoms with E-state index in [1.165, 1.54) is 0 Å². The smallest absolute Gasteiger partial charge is 0.223 e. The van der Waals surface area contributed by atoms with E-state index in [2.05, 4.69) is 5.32 Å². The summed E-state index contributed by atoms with van der Waals surface area (Å²) in [5.74, 6) is 0.314. The van der Waals surface area contributed by atoms with Gasteiger partial charge in [-0.05, 0) is 19.3 Å². The molecule has 17 heavy (non-hydrogen) atoms. The van der Waals surface area contributed by atoms with Crippen LogP contribution in [0.2, 0.25) is 0 Å². The molecule has 0 saturated carbocycles. The Morgan fingerprint density at radius 2 is 1.88 bits per heavy atom. The minimum atomic E-state index is 0.137. The van der Waals surface area contributed by atoms with Crippen molar-refractivity contribution in [3.63, 3.8) is 0 Å². The van der Waals surface area contributed by atoms with Crippen LogP contribution in [0.25, 0.3) is 0 Å². The predicted octanol–water partition coefficient (Wildman–Crippen LogP) is 0.582. The van der Waals surface area contributed by atoms with Crippen molar-refractivity contribution in [2.45, 2.75) is 19.3 Å². The highest BCUT2D eigenvalue weighted by Gasteiger charge is 2.21. The summed E-state index contributed by atoms with van der Waals surface area (Å²) in [6, 6.07) is 0. The van der Waals surface area contributed by atoms with Gasteiger partial charge in [0.1, 0.15) is 0 Å². The molecule has 0 aromatic rings. The van der Waals surface area contributed by atoms with Crippen LogP contribution in [0, 0.1) is 5.92 Å². The van der Waals surface area contributed by atoms with E-state index < -0.39 is 0 Å². The average molecular weight is 245 g/mol. The maximum Gasteiger partial charge on any atom is 0.223 e. The van der Waals surface area contributed by atoms with Gasteiger partial charge in [0.25, 0.3) is 0 Å². The van der Waals surface area contributed by atoms with Crippen molar-refractivity contribution in [2.24, 2.45) is 5.92 Å². The molecular formula is C12H23NO4. The van der Waals surface area contributed by atoms with Gasteiger partial charge >= 0.3 is 0 Å². The first-order valence-electron chi connectivity index (χ1n) is 6.26. The van der Waals surface area contributed by atoms with Gasteiger partial charge in [-0.3, -0.25) is 4.79 Å². The van der Waals surface area contributed by atoms with Gasteiger partial charge in [-0.15, -0.1) is 0 Å². The highest BCUT2D eigenvalue weighted by molar-refractivity contribution is 5.79. The summed E-state index contributed by atoms with van der Waals surface area (Å²) in [5.41, 5.74) is 0. The number of ether oxygens (including phenoxy) is 3. The Kier molecular flexibility index (Phi) is 7.96. The Balaban J connectivity index is 1.88. The van der Waals surface area contributed by atoms with E-state index in [-0.39, 0.29) is 11.8 Å². The van der Waals surface area contributed by atoms with Gasteiger partial charge in [0.2, 0.25) is 5.91 Å². The van der Waals surface area contributed by atoms with Gasteiger partial charge in [0.05, 0.1) is 26.4 Å². The van der Waals surface area contributed by atoms with Gasteiger partial charge in [-0.1, -0.05) is 0 Å². The molecule has 100 valence electrons. The molecule has 0 bridgehead atoms. The van der Waals surface area contributed by atoms with E-state index in [9.17, 15) is 4.79 Å². The van der Waals surface area contributed by atoms with Gasteiger partial charge in [0, 0.05) is 26.2 Å². The molecule has 0 aliphatic carbocycles. The van der Waals surface area contributed by atoms with Gasteiger partial charge < -0.3 is 19.5 Å². The number of nitrogens with one attached hydrogen (secondary N) is 1. The van der Waals surface area contributed by atoms with Crippen molar-refractivity contribution in [1.29, 1.82) is 0 Å². The van der Waals surface area contributed by atoms with E-state index >= 15 is 0 Å². The number of methoxy groups -OCH3 is 1. The van der Waals surface area contributed by atoms with Crippen molar-refractivity contribution >= 4 is 5.91 Å². The first-order chi connectivity index (χ1) is 8.34. The lowest BCUT2D eigenvalue weighted by atomic mass is 9.96. The monoisotopic (exact) mass is 245 g/mol. The van der Waals surface area contributed by atoms with E-state index in [1.54, 1.807) is 7.11 Å². The molecule has 0 radical (unpaired) electrons. The van der Waals surface area contributed by atoms with Crippen molar-refractivity contribution in [3.05, 3.63) is 0 Å². The molecule has 5 nitrogen and oxygen atoms in total. The van der Waals surface area contributed by atoms with Crippen LogP contribution in [0.5, 0.6) is 0 Å². The van der Waals surface area contributed by atoms with Crippen LogP contribution in [-0.4, -0.2) is 52.6 Å². The number of rotatable bonds is 9. The summed E-state index contributed by atoms with van der Waals surface area (Å²) < 4.78 is 15.5. The molecule has 1 unspecified atom stereocenters. The molecule has 1 heterocycles. The summed E-state index contributed by atoms with van der Waals surface area (Å²) in [5, 5.41) is 2.87. The zero-order valence-electron chi connectivity index (χ0n) is 10.6. The molecule has 1 amide bonds. The molecule has 0 aromatic heterocycles. The van der Waals surface area contributed by atoms with Crippen molar-refractivity contribution < 1.29 is 19.0 Å². The van der Waals surface area contributed by atoms with Gasteiger partial charge in [-0.25, -0.2) is 0 Å². The second-order valence-corrected chi connectivity index (χ2v) is 4.14. The number of carbonyl (C=O) groups excluding carboxylic acids is 1. The van der Waals surface area contributed by atoms with Gasteiger partial charge in [-0.2, -0.15) is 0 Å². The van der Waals surface area contributed by atoms with Crippen LogP contribution in [0.15, 0.2) is 0 Å². The highest BCUT2D eigenvalue weighted by atomic mass is 16.5. The average Bonchev–Trinajstić information content (AvgIpc) is 2.35. The first-order valence-corrected chi connectivity index (χ1v) is 6.26. The Hall–Kier alpha value is -0.650. The minimum Gasteiger partial charge on any atom is -0.382 e. The third kappa shape index (κ3) is 6.61. The molecule has 1 aliphatic heterocycles. The summed E-state index contributed by atoms with van der Waals surface area (Å²) in [6.07, 6.45) is 2.87. The summed E-state index contributed by atoms with van der Waals surface area (Å²) in [7, 11) is 1.65. The lowest BCUT2D eigenvalue weighted by Gasteiger charge is -2.21. The molecule has 0 spiro atoms. The van der Waals surface area contributed by atoms with E-state index in [0.717, 1.165) is 25.8 Å². The fraction of sp³-hybridized carbons (Fsp3) is 0.917. The van der Waals surface area contributed by atoms with Crippen LogP contribution in [-0.2, 0) is 19.0 Å². The maximum atomic E-state index is 11.4. The zero-order chi connectivity index (χ0) is 12.3. The fourth-order valence-corrected chi connectivity index (χ4v) is 1.80. The molecule has 0 aromatic carbocycles. The topological polar surface area (TPSA) is 56.8 Å². The minimum absolute atomic E-state index is 0.137. The molecule has 1 atom stereocenters. The Morgan fingerprint density at radius 3 is 2.59 bits per heavy atom. The largest absolute Gasteiger partial charge is 0.382 e. The second kappa shape index (κ2) is 9.39. The molecule has 1 saturated heterocycles. The number of amides is 1. The van der Waals surface area contributed by atoms with Crippen LogP contribution in [0.3, 0.4) is 0 Å². The molecule has 1 N–H and O–H groups in total. The third-order valence-electron chi connectivity index (χ3n) is 2.81. The van der Waals surface area contributed by atoms with Crippen LogP contribution in [0.4, 0.5) is 0 Å². The SMILES string of the molecule is COCCOCCOCCC1CCCNC1=O. The van der Waals surface area contributed by atoms with Crippen LogP contribution in [0.1, 0.15) is 19.3 Å². The summed E-state index contributed by atoms with van der Waals surface area (Å²) in [4.78, 5) is 11.4. The number of hydrogen-bond donors (Lipinski definition) is 1. The Morgan fingerprint density at radius 1 is 1.18 bits per heavy atom. The quantitative estimate of drug-likeness (QED) is 0.604. The zero-order valence-corrected chi connectivity index (χ0v) is 10.6. The van der Waals surface area contributed by atoms with Gasteiger partial charge in [0.15, 0.2) is 0 Å². The fourth-order valence-electron chi connectivity index (χ4n) is 1.80. The molecule has 5 heteroatoms. The highest BCUT2D eigenvalue weighted by Crippen LogP contribution is 2.14. The lowest BCUT2D eigenvalue weighted by Crippen LogP contribution is -2.36. The summed E-state index contributed by atoms with van der Waals surface area (Å²) >= 11 is 0. The molecule has 1 rings (SSSR count). The molecular weight excluding hydrogens is 222 g/mol. The van der Waals surface area contributed by atoms with Crippen LogP contribution < -0.4 is 5.32 Å². The number of carbonyl (C=O) groups is 1. The Labute approximate surface area is 103 Å². The summed E-state index contributed by atoms with van der Waals surface area (Å²) in [6.45, 7) is 3.83. The van der Waals surface area contributed by atoms with E-state index in [0.29, 0.717) is 33.0 Å². The molecule has 1 fully saturated rings. The van der Waals surface area contributed by atoms with Crippen molar-refractivity contribution in [3.8, 4) is 0 Å². The first kappa shape index (κ1) is 14.4. The third-order valence-corrected chi connectivity index (χ3v) is 2.81. The van der Waals surface area contributed by atoms with Crippen molar-refractivity contribution in [1.82, 2.24) is 5.32 Å². The van der Waals surface area contributed by atoms with E-state index in [1.807, 2.05) is 0 Å². The maximum absolute atomic E-state index is 11.4. The normalized spacial score (nSPS) is 20.3. The van der Waals surface area contributed by atoms with Crippen molar-refractivity contribution in [2.75, 3.05) is 46.7 Å². The molecule has 1 aliphatic rings. The lowest BCUT2D eigenvalue weighted by molar-refractivity contribution is -0.127. The second-order valence-electron chi connectivity index (χ2n) is 4.14. The number of piperidine rings is 1.